The number of benzene rings is 1. The summed E-state index contributed by atoms with van der Waals surface area (Å²) in [4.78, 5) is 0. The van der Waals surface area contributed by atoms with E-state index in [-0.39, 0.29) is 0 Å². The SMILES string of the molecule is Cc1csc2ccc(Cl)c(N)c12. The van der Waals surface area contributed by atoms with Gasteiger partial charge in [0.25, 0.3) is 0 Å². The van der Waals surface area contributed by atoms with Gasteiger partial charge in [-0.3, -0.25) is 0 Å². The number of anilines is 1. The van der Waals surface area contributed by atoms with Crippen LogP contribution >= 0.6 is 22.9 Å². The minimum absolute atomic E-state index is 0.643. The van der Waals surface area contributed by atoms with Crippen molar-refractivity contribution in [3.8, 4) is 0 Å². The molecule has 1 heterocycles. The normalized spacial score (nSPS) is 10.8. The van der Waals surface area contributed by atoms with Crippen LogP contribution in [0.3, 0.4) is 0 Å². The van der Waals surface area contributed by atoms with Crippen LogP contribution in [0.1, 0.15) is 5.56 Å². The molecule has 1 aromatic heterocycles. The van der Waals surface area contributed by atoms with Crippen LogP contribution in [0.5, 0.6) is 0 Å². The fourth-order valence-electron chi connectivity index (χ4n) is 1.29. The van der Waals surface area contributed by atoms with Gasteiger partial charge in [0.05, 0.1) is 10.7 Å². The molecule has 0 saturated carbocycles. The first-order valence-corrected chi connectivity index (χ1v) is 4.87. The number of nitrogen functional groups attached to an aromatic ring is 1. The van der Waals surface area contributed by atoms with Gasteiger partial charge in [-0.25, -0.2) is 0 Å². The lowest BCUT2D eigenvalue weighted by Gasteiger charge is -1.99. The van der Waals surface area contributed by atoms with Crippen LogP contribution in [0.4, 0.5) is 5.69 Å². The first kappa shape index (κ1) is 7.90. The molecule has 2 rings (SSSR count). The Kier molecular flexibility index (Phi) is 1.74. The van der Waals surface area contributed by atoms with Crippen molar-refractivity contribution in [1.29, 1.82) is 0 Å². The molecule has 0 amide bonds. The van der Waals surface area contributed by atoms with Gasteiger partial charge < -0.3 is 5.73 Å². The largest absolute Gasteiger partial charge is 0.397 e. The van der Waals surface area contributed by atoms with Crippen LogP contribution in [0.2, 0.25) is 5.02 Å². The quantitative estimate of drug-likeness (QED) is 0.644. The number of hydrogen-bond donors (Lipinski definition) is 1. The first-order valence-electron chi connectivity index (χ1n) is 3.62. The lowest BCUT2D eigenvalue weighted by Crippen LogP contribution is -1.87. The van der Waals surface area contributed by atoms with Gasteiger partial charge in [-0.1, -0.05) is 11.6 Å². The summed E-state index contributed by atoms with van der Waals surface area (Å²) in [6.07, 6.45) is 0. The second-order valence-corrected chi connectivity index (χ2v) is 4.07. The minimum Gasteiger partial charge on any atom is -0.397 e. The average Bonchev–Trinajstić information content (AvgIpc) is 2.41. The first-order chi connectivity index (χ1) is 5.70. The molecule has 0 atom stereocenters. The molecule has 2 aromatic rings. The molecule has 12 heavy (non-hydrogen) atoms. The number of aryl methyl sites for hydroxylation is 1. The summed E-state index contributed by atoms with van der Waals surface area (Å²) in [6, 6.07) is 3.85. The molecule has 0 radical (unpaired) electrons. The predicted octanol–water partition coefficient (Wildman–Crippen LogP) is 3.45. The summed E-state index contributed by atoms with van der Waals surface area (Å²) >= 11 is 7.59. The second-order valence-electron chi connectivity index (χ2n) is 2.75. The second kappa shape index (κ2) is 2.64. The Morgan fingerprint density at radius 2 is 2.17 bits per heavy atom. The molecule has 3 heteroatoms. The molecule has 0 aliphatic rings. The molecule has 1 nitrogen and oxygen atoms in total. The maximum atomic E-state index is 5.90. The van der Waals surface area contributed by atoms with Gasteiger partial charge in [-0.2, -0.15) is 0 Å². The van der Waals surface area contributed by atoms with E-state index in [4.69, 9.17) is 17.3 Å². The van der Waals surface area contributed by atoms with Crippen molar-refractivity contribution in [2.24, 2.45) is 0 Å². The van der Waals surface area contributed by atoms with Crippen molar-refractivity contribution in [2.45, 2.75) is 6.92 Å². The van der Waals surface area contributed by atoms with Crippen LogP contribution in [0, 0.1) is 6.92 Å². The topological polar surface area (TPSA) is 26.0 Å². The van der Waals surface area contributed by atoms with Gasteiger partial charge in [0.1, 0.15) is 0 Å². The van der Waals surface area contributed by atoms with Gasteiger partial charge in [-0.05, 0) is 30.0 Å². The van der Waals surface area contributed by atoms with Gasteiger partial charge in [0, 0.05) is 10.1 Å². The zero-order valence-corrected chi connectivity index (χ0v) is 8.17. The summed E-state index contributed by atoms with van der Waals surface area (Å²) in [5.41, 5.74) is 7.74. The maximum absolute atomic E-state index is 5.90. The van der Waals surface area contributed by atoms with Crippen molar-refractivity contribution < 1.29 is 0 Å². The third-order valence-corrected chi connectivity index (χ3v) is 3.31. The Morgan fingerprint density at radius 1 is 1.42 bits per heavy atom. The highest BCUT2D eigenvalue weighted by Gasteiger charge is 2.06. The molecular weight excluding hydrogens is 190 g/mol. The molecule has 0 fully saturated rings. The van der Waals surface area contributed by atoms with Gasteiger partial charge in [0.2, 0.25) is 0 Å². The lowest BCUT2D eigenvalue weighted by atomic mass is 10.1. The van der Waals surface area contributed by atoms with Crippen molar-refractivity contribution in [3.63, 3.8) is 0 Å². The molecule has 2 N–H and O–H groups in total. The van der Waals surface area contributed by atoms with E-state index in [1.165, 1.54) is 10.3 Å². The molecule has 0 bridgehead atoms. The van der Waals surface area contributed by atoms with E-state index < -0.39 is 0 Å². The van der Waals surface area contributed by atoms with E-state index in [2.05, 4.69) is 5.38 Å². The predicted molar refractivity (Wildman–Crippen MR) is 56.0 cm³/mol. The molecule has 0 aliphatic heterocycles. The van der Waals surface area contributed by atoms with Crippen molar-refractivity contribution >= 4 is 38.7 Å². The van der Waals surface area contributed by atoms with E-state index in [9.17, 15) is 0 Å². The zero-order valence-electron chi connectivity index (χ0n) is 6.60. The van der Waals surface area contributed by atoms with E-state index in [0.717, 1.165) is 5.39 Å². The van der Waals surface area contributed by atoms with Crippen LogP contribution in [0.15, 0.2) is 17.5 Å². The van der Waals surface area contributed by atoms with Crippen LogP contribution in [0.25, 0.3) is 10.1 Å². The third kappa shape index (κ3) is 0.993. The number of nitrogens with two attached hydrogens (primary N) is 1. The highest BCUT2D eigenvalue weighted by molar-refractivity contribution is 7.17. The average molecular weight is 198 g/mol. The summed E-state index contributed by atoms with van der Waals surface area (Å²) in [7, 11) is 0. The monoisotopic (exact) mass is 197 g/mol. The smallest absolute Gasteiger partial charge is 0.0642 e. The Hall–Kier alpha value is -0.730. The van der Waals surface area contributed by atoms with Crippen LogP contribution in [-0.4, -0.2) is 0 Å². The Morgan fingerprint density at radius 3 is 2.92 bits per heavy atom. The van der Waals surface area contributed by atoms with E-state index in [1.807, 2.05) is 19.1 Å². The van der Waals surface area contributed by atoms with Crippen LogP contribution in [-0.2, 0) is 0 Å². The van der Waals surface area contributed by atoms with E-state index in [0.29, 0.717) is 10.7 Å². The van der Waals surface area contributed by atoms with Crippen molar-refractivity contribution in [2.75, 3.05) is 5.73 Å². The number of hydrogen-bond acceptors (Lipinski definition) is 2. The van der Waals surface area contributed by atoms with E-state index in [1.54, 1.807) is 11.3 Å². The standard InChI is InChI=1S/C9H8ClNS/c1-5-4-12-7-3-2-6(10)9(11)8(5)7/h2-4H,11H2,1H3. The Labute approximate surface area is 79.8 Å². The molecular formula is C9H8ClNS. The highest BCUT2D eigenvalue weighted by Crippen LogP contribution is 2.34. The van der Waals surface area contributed by atoms with Crippen molar-refractivity contribution in [3.05, 3.63) is 28.1 Å². The van der Waals surface area contributed by atoms with E-state index >= 15 is 0 Å². The van der Waals surface area contributed by atoms with Gasteiger partial charge in [-0.15, -0.1) is 11.3 Å². The Balaban J connectivity index is 2.96. The number of halogens is 1. The summed E-state index contributed by atoms with van der Waals surface area (Å²) in [5.74, 6) is 0. The summed E-state index contributed by atoms with van der Waals surface area (Å²) in [5, 5.41) is 3.84. The minimum atomic E-state index is 0.643. The number of thiophene rings is 1. The van der Waals surface area contributed by atoms with Gasteiger partial charge >= 0.3 is 0 Å². The third-order valence-electron chi connectivity index (χ3n) is 1.91. The molecule has 0 aliphatic carbocycles. The highest BCUT2D eigenvalue weighted by atomic mass is 35.5. The summed E-state index contributed by atoms with van der Waals surface area (Å²) in [6.45, 7) is 2.05. The molecule has 0 spiro atoms. The molecule has 1 aromatic carbocycles. The lowest BCUT2D eigenvalue weighted by molar-refractivity contribution is 1.59. The van der Waals surface area contributed by atoms with Crippen molar-refractivity contribution in [1.82, 2.24) is 0 Å². The fraction of sp³-hybridized carbons (Fsp3) is 0.111. The van der Waals surface area contributed by atoms with Crippen LogP contribution < -0.4 is 5.73 Å². The molecule has 0 saturated heterocycles. The zero-order chi connectivity index (χ0) is 8.72. The molecule has 62 valence electrons. The fourth-order valence-corrected chi connectivity index (χ4v) is 2.40. The maximum Gasteiger partial charge on any atom is 0.0642 e. The summed E-state index contributed by atoms with van der Waals surface area (Å²) < 4.78 is 1.20. The number of fused-ring (bicyclic) bond motifs is 1. The van der Waals surface area contributed by atoms with Gasteiger partial charge in [0.15, 0.2) is 0 Å². The molecule has 0 unspecified atom stereocenters. The Bertz CT molecular complexity index is 433. The number of rotatable bonds is 0.